The predicted molar refractivity (Wildman–Crippen MR) is 83.5 cm³/mol. The second kappa shape index (κ2) is 6.79. The fourth-order valence-corrected chi connectivity index (χ4v) is 3.24. The van der Waals surface area contributed by atoms with Gasteiger partial charge >= 0.3 is 5.69 Å². The molecule has 1 saturated heterocycles. The van der Waals surface area contributed by atoms with E-state index in [4.69, 9.17) is 0 Å². The Bertz CT molecular complexity index is 760. The van der Waals surface area contributed by atoms with E-state index in [-0.39, 0.29) is 28.2 Å². The number of nitrogens with zero attached hydrogens (tertiary/aromatic N) is 2. The quantitative estimate of drug-likeness (QED) is 0.659. The fraction of sp³-hybridized carbons (Fsp3) is 0.500. The van der Waals surface area contributed by atoms with E-state index in [1.807, 2.05) is 12.1 Å². The van der Waals surface area contributed by atoms with E-state index in [2.05, 4.69) is 12.0 Å². The fourth-order valence-electron chi connectivity index (χ4n) is 3.24. The standard InChI is InChI=1S/C16H21N3O2.BrH/c1-19(10-5-2-6-11-19)12-9-18-15(20)13-7-3-4-8-14(13)17-16(18)21;/h3-4,7-8H,2,5-6,9-12H2,1H3;1H. The smallest absolute Gasteiger partial charge is 0.329 e. The summed E-state index contributed by atoms with van der Waals surface area (Å²) >= 11 is 0. The third-order valence-corrected chi connectivity index (χ3v) is 4.65. The van der Waals surface area contributed by atoms with Crippen LogP contribution >= 0.6 is 0 Å². The van der Waals surface area contributed by atoms with Gasteiger partial charge in [-0.2, -0.15) is 0 Å². The summed E-state index contributed by atoms with van der Waals surface area (Å²) in [5.74, 6) is 0. The Balaban J connectivity index is 0.00000176. The number of aromatic amines is 1. The molecule has 1 aliphatic rings. The molecule has 1 fully saturated rings. The van der Waals surface area contributed by atoms with Gasteiger partial charge in [0.2, 0.25) is 0 Å². The van der Waals surface area contributed by atoms with Crippen LogP contribution in [-0.2, 0) is 6.54 Å². The zero-order valence-electron chi connectivity index (χ0n) is 12.8. The van der Waals surface area contributed by atoms with E-state index < -0.39 is 0 Å². The van der Waals surface area contributed by atoms with E-state index >= 15 is 0 Å². The molecule has 1 aliphatic heterocycles. The number of aromatic nitrogens is 2. The molecule has 2 heterocycles. The van der Waals surface area contributed by atoms with Crippen LogP contribution in [0.5, 0.6) is 0 Å². The van der Waals surface area contributed by atoms with Gasteiger partial charge in [-0.3, -0.25) is 9.36 Å². The summed E-state index contributed by atoms with van der Waals surface area (Å²) in [5.41, 5.74) is 0.127. The van der Waals surface area contributed by atoms with E-state index in [0.717, 1.165) is 24.1 Å². The second-order valence-electron chi connectivity index (χ2n) is 6.28. The summed E-state index contributed by atoms with van der Waals surface area (Å²) < 4.78 is 2.30. The van der Waals surface area contributed by atoms with Crippen molar-refractivity contribution in [3.63, 3.8) is 0 Å². The third kappa shape index (κ3) is 3.33. The van der Waals surface area contributed by atoms with Crippen LogP contribution in [0.15, 0.2) is 33.9 Å². The van der Waals surface area contributed by atoms with Gasteiger partial charge in [0.05, 0.1) is 44.1 Å². The number of fused-ring (bicyclic) bond motifs is 1. The Labute approximate surface area is 139 Å². The first-order valence-corrected chi connectivity index (χ1v) is 7.64. The van der Waals surface area contributed by atoms with Gasteiger partial charge in [-0.25, -0.2) is 4.79 Å². The van der Waals surface area contributed by atoms with E-state index in [1.165, 1.54) is 23.8 Å². The Morgan fingerprint density at radius 1 is 1.14 bits per heavy atom. The monoisotopic (exact) mass is 367 g/mol. The molecule has 0 saturated carbocycles. The number of quaternary nitrogens is 1. The molecular formula is C16H22BrN3O2. The van der Waals surface area contributed by atoms with Crippen molar-refractivity contribution in [2.24, 2.45) is 0 Å². The molecule has 1 aromatic heterocycles. The number of nitrogens with one attached hydrogen (secondary N) is 1. The Hall–Kier alpha value is -1.40. The van der Waals surface area contributed by atoms with Gasteiger partial charge in [-0.05, 0) is 31.4 Å². The number of halogens is 1. The van der Waals surface area contributed by atoms with Gasteiger partial charge in [-0.15, -0.1) is 0 Å². The van der Waals surface area contributed by atoms with Gasteiger partial charge in [0.15, 0.2) is 0 Å². The SMILES string of the molecule is C[N+]1(CCn2c(=O)[nH]c3ccccc3c2=O)CCCCC1.[Br-]. The van der Waals surface area contributed by atoms with Crippen LogP contribution in [-0.4, -0.2) is 40.7 Å². The van der Waals surface area contributed by atoms with Gasteiger partial charge in [-0.1, -0.05) is 12.1 Å². The lowest BCUT2D eigenvalue weighted by Crippen LogP contribution is -3.00. The average molecular weight is 368 g/mol. The highest BCUT2D eigenvalue weighted by molar-refractivity contribution is 5.76. The number of para-hydroxylation sites is 1. The minimum absolute atomic E-state index is 0. The zero-order valence-corrected chi connectivity index (χ0v) is 14.4. The first-order chi connectivity index (χ1) is 10.1. The lowest BCUT2D eigenvalue weighted by Gasteiger charge is -2.37. The van der Waals surface area contributed by atoms with Crippen LogP contribution in [0, 0.1) is 0 Å². The molecule has 0 atom stereocenters. The highest BCUT2D eigenvalue weighted by Gasteiger charge is 2.24. The third-order valence-electron chi connectivity index (χ3n) is 4.65. The molecule has 0 unspecified atom stereocenters. The van der Waals surface area contributed by atoms with E-state index in [0.29, 0.717) is 17.4 Å². The van der Waals surface area contributed by atoms with Crippen LogP contribution in [0.1, 0.15) is 19.3 Å². The molecule has 0 spiro atoms. The maximum Gasteiger partial charge on any atom is 0.329 e. The molecule has 1 N–H and O–H groups in total. The largest absolute Gasteiger partial charge is 1.00 e. The number of likely N-dealkylation sites (tertiary alicyclic amines) is 1. The van der Waals surface area contributed by atoms with Crippen LogP contribution in [0.4, 0.5) is 0 Å². The van der Waals surface area contributed by atoms with Crippen LogP contribution in [0.2, 0.25) is 0 Å². The van der Waals surface area contributed by atoms with Crippen LogP contribution in [0.25, 0.3) is 10.9 Å². The van der Waals surface area contributed by atoms with Crippen molar-refractivity contribution in [1.29, 1.82) is 0 Å². The molecule has 0 bridgehead atoms. The Kier molecular flexibility index (Phi) is 5.24. The van der Waals surface area contributed by atoms with Crippen LogP contribution < -0.4 is 28.2 Å². The normalized spacial score (nSPS) is 17.1. The number of hydrogen-bond donors (Lipinski definition) is 1. The summed E-state index contributed by atoms with van der Waals surface area (Å²) in [6.45, 7) is 3.59. The summed E-state index contributed by atoms with van der Waals surface area (Å²) in [6.07, 6.45) is 3.77. The highest BCUT2D eigenvalue weighted by atomic mass is 79.9. The number of hydrogen-bond acceptors (Lipinski definition) is 2. The molecule has 0 radical (unpaired) electrons. The minimum atomic E-state index is -0.303. The molecule has 120 valence electrons. The lowest BCUT2D eigenvalue weighted by molar-refractivity contribution is -0.914. The highest BCUT2D eigenvalue weighted by Crippen LogP contribution is 2.15. The molecule has 3 rings (SSSR count). The van der Waals surface area contributed by atoms with Crippen molar-refractivity contribution in [2.45, 2.75) is 25.8 Å². The number of benzene rings is 1. The van der Waals surface area contributed by atoms with Gasteiger partial charge in [0.25, 0.3) is 5.56 Å². The van der Waals surface area contributed by atoms with Gasteiger partial charge < -0.3 is 26.4 Å². The number of piperidine rings is 1. The lowest BCUT2D eigenvalue weighted by atomic mass is 10.1. The Morgan fingerprint density at radius 2 is 1.82 bits per heavy atom. The van der Waals surface area contributed by atoms with Gasteiger partial charge in [0.1, 0.15) is 0 Å². The maximum absolute atomic E-state index is 12.5. The second-order valence-corrected chi connectivity index (χ2v) is 6.28. The van der Waals surface area contributed by atoms with Crippen molar-refractivity contribution >= 4 is 10.9 Å². The number of likely N-dealkylation sites (N-methyl/N-ethyl adjacent to an activating group) is 1. The molecule has 6 heteroatoms. The molecule has 22 heavy (non-hydrogen) atoms. The number of rotatable bonds is 3. The first-order valence-electron chi connectivity index (χ1n) is 7.64. The molecule has 0 amide bonds. The predicted octanol–water partition coefficient (Wildman–Crippen LogP) is -1.68. The molecule has 0 aliphatic carbocycles. The summed E-state index contributed by atoms with van der Waals surface area (Å²) in [7, 11) is 2.22. The molecule has 5 nitrogen and oxygen atoms in total. The van der Waals surface area contributed by atoms with Crippen molar-refractivity contribution in [1.82, 2.24) is 9.55 Å². The van der Waals surface area contributed by atoms with Crippen LogP contribution in [0.3, 0.4) is 0 Å². The maximum atomic E-state index is 12.5. The Morgan fingerprint density at radius 3 is 2.55 bits per heavy atom. The summed E-state index contributed by atoms with van der Waals surface area (Å²) in [6, 6.07) is 7.18. The summed E-state index contributed by atoms with van der Waals surface area (Å²) in [5, 5.41) is 0.582. The zero-order chi connectivity index (χ0) is 14.9. The van der Waals surface area contributed by atoms with Crippen molar-refractivity contribution in [2.75, 3.05) is 26.7 Å². The van der Waals surface area contributed by atoms with E-state index in [9.17, 15) is 9.59 Å². The van der Waals surface area contributed by atoms with Gasteiger partial charge in [0, 0.05) is 0 Å². The number of H-pyrrole nitrogens is 1. The topological polar surface area (TPSA) is 54.9 Å². The minimum Gasteiger partial charge on any atom is -1.00 e. The van der Waals surface area contributed by atoms with Crippen molar-refractivity contribution in [3.05, 3.63) is 45.1 Å². The van der Waals surface area contributed by atoms with Crippen molar-refractivity contribution < 1.29 is 21.5 Å². The van der Waals surface area contributed by atoms with E-state index in [1.54, 1.807) is 12.1 Å². The first kappa shape index (κ1) is 17.0. The molecule has 2 aromatic rings. The average Bonchev–Trinajstić information content (AvgIpc) is 2.48. The van der Waals surface area contributed by atoms with Crippen molar-refractivity contribution in [3.8, 4) is 0 Å². The molecular weight excluding hydrogens is 346 g/mol. The molecule has 1 aromatic carbocycles. The summed E-state index contributed by atoms with van der Waals surface area (Å²) in [4.78, 5) is 27.4.